The van der Waals surface area contributed by atoms with E-state index in [4.69, 9.17) is 4.74 Å². The smallest absolute Gasteiger partial charge is 0.442 e. The maximum absolute atomic E-state index is 13.6. The van der Waals surface area contributed by atoms with Crippen LogP contribution in [0.25, 0.3) is 0 Å². The van der Waals surface area contributed by atoms with Crippen molar-refractivity contribution >= 4 is 33.2 Å². The number of nitrogens with zero attached hydrogens (tertiary/aromatic N) is 4. The van der Waals surface area contributed by atoms with E-state index in [2.05, 4.69) is 19.9 Å². The van der Waals surface area contributed by atoms with E-state index in [1.807, 2.05) is 0 Å². The Bertz CT molecular complexity index is 1320. The number of benzene rings is 1. The fourth-order valence-corrected chi connectivity index (χ4v) is 5.14. The summed E-state index contributed by atoms with van der Waals surface area (Å²) in [6.07, 6.45) is -0.958. The molecule has 208 valence electrons. The second kappa shape index (κ2) is 11.3. The standard InChI is InChI=1S/C25H32F3N5O4S/c1-16-19(21(31-30-20(16)25(26,27)28)33-13-8-6-7-9-14-33)22(34)29-17-11-10-12-18(15-17)38(5,36)32-23(35)37-24(2,3)4/h10-12,15H,6-9,13-14H2,1-5H3,(H,29,34). The number of nitrogens with one attached hydrogen (secondary N) is 1. The Morgan fingerprint density at radius 3 is 2.29 bits per heavy atom. The molecule has 0 radical (unpaired) electrons. The third-order valence-electron chi connectivity index (χ3n) is 5.77. The van der Waals surface area contributed by atoms with Gasteiger partial charge >= 0.3 is 12.3 Å². The zero-order valence-corrected chi connectivity index (χ0v) is 22.8. The highest BCUT2D eigenvalue weighted by molar-refractivity contribution is 7.93. The van der Waals surface area contributed by atoms with Crippen LogP contribution in [0.1, 0.15) is 68.1 Å². The molecule has 9 nitrogen and oxygen atoms in total. The van der Waals surface area contributed by atoms with Crippen molar-refractivity contribution in [3.05, 3.63) is 41.1 Å². The summed E-state index contributed by atoms with van der Waals surface area (Å²) in [6, 6.07) is 5.81. The molecule has 38 heavy (non-hydrogen) atoms. The summed E-state index contributed by atoms with van der Waals surface area (Å²) in [5, 5.41) is 9.84. The molecule has 0 bridgehead atoms. The minimum absolute atomic E-state index is 0.0882. The van der Waals surface area contributed by atoms with Crippen LogP contribution in [0.2, 0.25) is 0 Å². The fourth-order valence-electron chi connectivity index (χ4n) is 4.03. The van der Waals surface area contributed by atoms with Crippen LogP contribution in [-0.2, 0) is 20.6 Å². The largest absolute Gasteiger partial charge is 0.442 e. The molecule has 0 spiro atoms. The summed E-state index contributed by atoms with van der Waals surface area (Å²) >= 11 is 0. The minimum Gasteiger partial charge on any atom is -0.442 e. The van der Waals surface area contributed by atoms with E-state index in [0.29, 0.717) is 13.1 Å². The quantitative estimate of drug-likeness (QED) is 0.505. The van der Waals surface area contributed by atoms with Crippen LogP contribution in [0.3, 0.4) is 0 Å². The van der Waals surface area contributed by atoms with Crippen molar-refractivity contribution in [1.82, 2.24) is 10.2 Å². The monoisotopic (exact) mass is 555 g/mol. The van der Waals surface area contributed by atoms with Gasteiger partial charge in [-0.1, -0.05) is 18.9 Å². The molecule has 1 aliphatic rings. The summed E-state index contributed by atoms with van der Waals surface area (Å²) in [4.78, 5) is 27.5. The number of halogens is 3. The number of amides is 2. The molecule has 1 atom stereocenters. The third-order valence-corrected chi connectivity index (χ3v) is 7.40. The number of rotatable bonds is 4. The molecular formula is C25H32F3N5O4S. The first-order valence-electron chi connectivity index (χ1n) is 12.1. The molecule has 1 N–H and O–H groups in total. The molecule has 3 rings (SSSR count). The van der Waals surface area contributed by atoms with E-state index in [1.165, 1.54) is 37.4 Å². The molecule has 1 aromatic heterocycles. The van der Waals surface area contributed by atoms with Gasteiger partial charge in [0.05, 0.1) is 15.3 Å². The number of alkyl halides is 3. The lowest BCUT2D eigenvalue weighted by molar-refractivity contribution is -0.142. The number of carbonyl (C=O) groups is 2. The Balaban J connectivity index is 1.99. The molecule has 13 heteroatoms. The lowest BCUT2D eigenvalue weighted by atomic mass is 10.1. The summed E-state index contributed by atoms with van der Waals surface area (Å²) in [7, 11) is -3.25. The molecule has 0 aliphatic carbocycles. The molecule has 2 amide bonds. The first-order valence-corrected chi connectivity index (χ1v) is 14.1. The highest BCUT2D eigenvalue weighted by Gasteiger charge is 2.38. The second-order valence-electron chi connectivity index (χ2n) is 10.1. The van der Waals surface area contributed by atoms with Crippen molar-refractivity contribution in [1.29, 1.82) is 0 Å². The number of carbonyl (C=O) groups excluding carboxylic acids is 2. The van der Waals surface area contributed by atoms with Gasteiger partial charge in [-0.3, -0.25) is 4.79 Å². The summed E-state index contributed by atoms with van der Waals surface area (Å²) in [5.41, 5.74) is -2.46. The van der Waals surface area contributed by atoms with Crippen molar-refractivity contribution < 1.29 is 31.7 Å². The molecule has 1 aromatic carbocycles. The molecule has 1 aliphatic heterocycles. The Labute approximate surface area is 220 Å². The predicted octanol–water partition coefficient (Wildman–Crippen LogP) is 5.83. The Kier molecular flexibility index (Phi) is 8.69. The van der Waals surface area contributed by atoms with Crippen LogP contribution < -0.4 is 10.2 Å². The molecule has 1 saturated heterocycles. The van der Waals surface area contributed by atoms with E-state index in [0.717, 1.165) is 25.7 Å². The Morgan fingerprint density at radius 1 is 1.08 bits per heavy atom. The highest BCUT2D eigenvalue weighted by atomic mass is 32.2. The van der Waals surface area contributed by atoms with Crippen molar-refractivity contribution in [2.75, 3.05) is 29.6 Å². The van der Waals surface area contributed by atoms with E-state index < -0.39 is 39.2 Å². The van der Waals surface area contributed by atoms with Crippen LogP contribution in [0.5, 0.6) is 0 Å². The zero-order valence-electron chi connectivity index (χ0n) is 22.0. The predicted molar refractivity (Wildman–Crippen MR) is 138 cm³/mol. The van der Waals surface area contributed by atoms with E-state index in [1.54, 1.807) is 25.7 Å². The highest BCUT2D eigenvalue weighted by Crippen LogP contribution is 2.34. The van der Waals surface area contributed by atoms with Crippen LogP contribution in [0.15, 0.2) is 33.5 Å². The topological polar surface area (TPSA) is 114 Å². The third kappa shape index (κ3) is 7.42. The Morgan fingerprint density at radius 2 is 1.71 bits per heavy atom. The SMILES string of the molecule is Cc1c(C(F)(F)F)nnc(N2CCCCCC2)c1C(=O)Nc1cccc(S(C)(=O)=NC(=O)OC(C)(C)C)c1. The van der Waals surface area contributed by atoms with Gasteiger partial charge in [0.1, 0.15) is 5.60 Å². The number of anilines is 2. The van der Waals surface area contributed by atoms with Gasteiger partial charge in [0.15, 0.2) is 11.5 Å². The lowest BCUT2D eigenvalue weighted by Crippen LogP contribution is -2.30. The zero-order chi connectivity index (χ0) is 28.3. The van der Waals surface area contributed by atoms with Crippen molar-refractivity contribution in [3.63, 3.8) is 0 Å². The molecule has 0 saturated carbocycles. The normalized spacial score (nSPS) is 16.3. The van der Waals surface area contributed by atoms with Gasteiger partial charge in [0.25, 0.3) is 5.91 Å². The molecule has 1 unspecified atom stereocenters. The summed E-state index contributed by atoms with van der Waals surface area (Å²) in [5.74, 6) is -0.726. The minimum atomic E-state index is -4.79. The first-order chi connectivity index (χ1) is 17.6. The van der Waals surface area contributed by atoms with Crippen LogP contribution in [-0.4, -0.2) is 51.4 Å². The average Bonchev–Trinajstić information content (AvgIpc) is 3.06. The fraction of sp³-hybridized carbons (Fsp3) is 0.520. The molecular weight excluding hydrogens is 523 g/mol. The van der Waals surface area contributed by atoms with Gasteiger partial charge in [-0.2, -0.15) is 13.2 Å². The maximum Gasteiger partial charge on any atom is 0.442 e. The Hall–Kier alpha value is -3.22. The maximum atomic E-state index is 13.6. The van der Waals surface area contributed by atoms with Crippen LogP contribution in [0, 0.1) is 6.92 Å². The number of aromatic nitrogens is 2. The van der Waals surface area contributed by atoms with E-state index in [-0.39, 0.29) is 27.5 Å². The summed E-state index contributed by atoms with van der Waals surface area (Å²) in [6.45, 7) is 7.22. The van der Waals surface area contributed by atoms with Gasteiger partial charge in [0.2, 0.25) is 0 Å². The first kappa shape index (κ1) is 29.3. The average molecular weight is 556 g/mol. The number of hydrogen-bond acceptors (Lipinski definition) is 7. The van der Waals surface area contributed by atoms with Gasteiger partial charge in [-0.05, 0) is 64.3 Å². The van der Waals surface area contributed by atoms with Crippen LogP contribution in [0.4, 0.5) is 29.5 Å². The number of ether oxygens (including phenoxy) is 1. The van der Waals surface area contributed by atoms with Gasteiger partial charge in [-0.25, -0.2) is 9.00 Å². The van der Waals surface area contributed by atoms with Crippen molar-refractivity contribution in [2.45, 2.75) is 70.1 Å². The number of hydrogen-bond donors (Lipinski definition) is 1. The van der Waals surface area contributed by atoms with E-state index in [9.17, 15) is 27.0 Å². The molecule has 2 heterocycles. The van der Waals surface area contributed by atoms with Crippen molar-refractivity contribution in [2.24, 2.45) is 4.36 Å². The molecule has 2 aromatic rings. The van der Waals surface area contributed by atoms with Gasteiger partial charge < -0.3 is 15.0 Å². The lowest BCUT2D eigenvalue weighted by Gasteiger charge is -2.25. The van der Waals surface area contributed by atoms with Crippen molar-refractivity contribution in [3.8, 4) is 0 Å². The second-order valence-corrected chi connectivity index (χ2v) is 12.4. The van der Waals surface area contributed by atoms with Gasteiger partial charge in [0, 0.05) is 29.9 Å². The summed E-state index contributed by atoms with van der Waals surface area (Å²) < 4.78 is 62.8. The molecule has 1 fully saturated rings. The van der Waals surface area contributed by atoms with E-state index >= 15 is 0 Å². The van der Waals surface area contributed by atoms with Gasteiger partial charge in [-0.15, -0.1) is 14.6 Å². The van der Waals surface area contributed by atoms with Crippen LogP contribution >= 0.6 is 0 Å².